The third-order valence-electron chi connectivity index (χ3n) is 5.37. The highest BCUT2D eigenvalue weighted by molar-refractivity contribution is 4.95. The van der Waals surface area contributed by atoms with E-state index in [-0.39, 0.29) is 0 Å². The number of ether oxygens (including phenoxy) is 5. The molecule has 13 atom stereocenters. The maximum absolute atomic E-state index is 10.4. The molecule has 30 heavy (non-hydrogen) atoms. The van der Waals surface area contributed by atoms with Gasteiger partial charge in [-0.3, -0.25) is 0 Å². The van der Waals surface area contributed by atoms with E-state index in [9.17, 15) is 35.7 Å². The van der Waals surface area contributed by atoms with Crippen LogP contribution >= 0.6 is 0 Å². The van der Waals surface area contributed by atoms with Crippen molar-refractivity contribution in [2.45, 2.75) is 79.9 Å². The van der Waals surface area contributed by atoms with Crippen LogP contribution in [0.5, 0.6) is 0 Å². The van der Waals surface area contributed by atoms with Crippen molar-refractivity contribution in [3.63, 3.8) is 0 Å². The van der Waals surface area contributed by atoms with E-state index in [1.807, 2.05) is 0 Å². The van der Waals surface area contributed by atoms with E-state index in [1.54, 1.807) is 0 Å². The minimum Gasteiger partial charge on any atom is -0.394 e. The van der Waals surface area contributed by atoms with Gasteiger partial charge < -0.3 is 69.6 Å². The zero-order valence-corrected chi connectivity index (χ0v) is 15.7. The van der Waals surface area contributed by atoms with Gasteiger partial charge in [-0.05, 0) is 0 Å². The molecule has 0 aromatic carbocycles. The molecule has 0 aliphatic carbocycles. The monoisotopic (exact) mass is 444 g/mol. The Labute approximate surface area is 170 Å². The number of rotatable bonds is 8. The fraction of sp³-hybridized carbons (Fsp3) is 1.00. The van der Waals surface area contributed by atoms with Gasteiger partial charge in [-0.25, -0.2) is 0 Å². The van der Waals surface area contributed by atoms with Crippen LogP contribution in [-0.2, 0) is 23.7 Å². The minimum absolute atomic E-state index is 0.597. The summed E-state index contributed by atoms with van der Waals surface area (Å²) in [6, 6.07) is 0. The maximum Gasteiger partial charge on any atom is 0.187 e. The van der Waals surface area contributed by atoms with Crippen LogP contribution in [0.3, 0.4) is 0 Å². The highest BCUT2D eigenvalue weighted by Crippen LogP contribution is 2.33. The first-order valence-corrected chi connectivity index (χ1v) is 9.41. The number of aliphatic hydroxyl groups excluding tert-OH is 9. The molecule has 3 rings (SSSR count). The second-order valence-corrected chi connectivity index (χ2v) is 7.36. The summed E-state index contributed by atoms with van der Waals surface area (Å²) in [4.78, 5) is 0. The van der Waals surface area contributed by atoms with Gasteiger partial charge in [0.2, 0.25) is 0 Å². The van der Waals surface area contributed by atoms with Crippen LogP contribution in [0.4, 0.5) is 0 Å². The lowest BCUT2D eigenvalue weighted by Gasteiger charge is -2.28. The van der Waals surface area contributed by atoms with Gasteiger partial charge in [-0.15, -0.1) is 0 Å². The van der Waals surface area contributed by atoms with Crippen molar-refractivity contribution in [1.82, 2.24) is 0 Å². The van der Waals surface area contributed by atoms with Crippen molar-refractivity contribution in [2.75, 3.05) is 19.8 Å². The van der Waals surface area contributed by atoms with Crippen LogP contribution in [0.1, 0.15) is 0 Å². The van der Waals surface area contributed by atoms with Crippen LogP contribution in [0, 0.1) is 0 Å². The van der Waals surface area contributed by atoms with Crippen molar-refractivity contribution in [1.29, 1.82) is 0 Å². The van der Waals surface area contributed by atoms with Crippen molar-refractivity contribution in [2.24, 2.45) is 0 Å². The predicted octanol–water partition coefficient (Wildman–Crippen LogP) is -6.29. The Bertz CT molecular complexity index is 552. The zero-order chi connectivity index (χ0) is 22.2. The van der Waals surface area contributed by atoms with E-state index in [4.69, 9.17) is 33.9 Å². The number of hydrogen-bond acceptors (Lipinski definition) is 14. The van der Waals surface area contributed by atoms with E-state index in [0.717, 1.165) is 0 Å². The average Bonchev–Trinajstić information content (AvgIpc) is 3.30. The Morgan fingerprint density at radius 1 is 0.667 bits per heavy atom. The SMILES string of the molecule is OC[C@@H](O)[C@@H]1O[C@@H](O[C@H]2[C@@H](O[C@@H]3[C@@H](O)[C@H](CO)O[C@H]3O)O[C@@H](CO)[C@@H]2O)[C@H](O)[C@H]1O. The Hall–Kier alpha value is -0.560. The van der Waals surface area contributed by atoms with Gasteiger partial charge in [0.1, 0.15) is 61.0 Å². The molecule has 0 amide bonds. The van der Waals surface area contributed by atoms with Crippen LogP contribution in [0.2, 0.25) is 0 Å². The lowest BCUT2D eigenvalue weighted by molar-refractivity contribution is -0.274. The fourth-order valence-electron chi connectivity index (χ4n) is 3.64. The second-order valence-electron chi connectivity index (χ2n) is 7.36. The third kappa shape index (κ3) is 4.48. The summed E-state index contributed by atoms with van der Waals surface area (Å²) >= 11 is 0. The van der Waals surface area contributed by atoms with E-state index < -0.39 is 99.7 Å². The fourth-order valence-corrected chi connectivity index (χ4v) is 3.64. The van der Waals surface area contributed by atoms with Crippen molar-refractivity contribution in [3.05, 3.63) is 0 Å². The van der Waals surface area contributed by atoms with Crippen LogP contribution in [-0.4, -0.2) is 146 Å². The zero-order valence-electron chi connectivity index (χ0n) is 15.7. The molecule has 0 saturated carbocycles. The molecule has 14 heteroatoms. The molecule has 3 aliphatic rings. The Balaban J connectivity index is 1.71. The van der Waals surface area contributed by atoms with Crippen molar-refractivity contribution >= 4 is 0 Å². The van der Waals surface area contributed by atoms with Gasteiger partial charge in [0, 0.05) is 0 Å². The quantitative estimate of drug-likeness (QED) is 0.170. The lowest BCUT2D eigenvalue weighted by Crippen LogP contribution is -2.46. The van der Waals surface area contributed by atoms with Gasteiger partial charge >= 0.3 is 0 Å². The molecule has 0 bridgehead atoms. The average molecular weight is 444 g/mol. The molecule has 0 aromatic rings. The first kappa shape index (κ1) is 24.1. The highest BCUT2D eigenvalue weighted by Gasteiger charge is 2.54. The summed E-state index contributed by atoms with van der Waals surface area (Å²) in [5, 5.41) is 87.8. The van der Waals surface area contributed by atoms with Gasteiger partial charge in [0.25, 0.3) is 0 Å². The topological polar surface area (TPSA) is 228 Å². The maximum atomic E-state index is 10.4. The number of aliphatic hydroxyl groups is 9. The summed E-state index contributed by atoms with van der Waals surface area (Å²) in [7, 11) is 0. The lowest BCUT2D eigenvalue weighted by atomic mass is 10.1. The molecule has 3 saturated heterocycles. The Morgan fingerprint density at radius 2 is 1.23 bits per heavy atom. The molecule has 9 N–H and O–H groups in total. The summed E-state index contributed by atoms with van der Waals surface area (Å²) in [5.41, 5.74) is 0. The molecular formula is C16H28O14. The molecule has 0 radical (unpaired) electrons. The summed E-state index contributed by atoms with van der Waals surface area (Å²) in [6.07, 6.45) is -18.9. The largest absolute Gasteiger partial charge is 0.394 e. The molecule has 3 fully saturated rings. The Kier molecular flexibility index (Phi) is 7.97. The molecule has 14 nitrogen and oxygen atoms in total. The van der Waals surface area contributed by atoms with E-state index in [1.165, 1.54) is 0 Å². The third-order valence-corrected chi connectivity index (χ3v) is 5.37. The van der Waals surface area contributed by atoms with Crippen LogP contribution in [0.25, 0.3) is 0 Å². The molecule has 3 heterocycles. The van der Waals surface area contributed by atoms with Crippen LogP contribution in [0.15, 0.2) is 0 Å². The van der Waals surface area contributed by atoms with E-state index in [0.29, 0.717) is 0 Å². The highest BCUT2D eigenvalue weighted by atomic mass is 16.8. The summed E-state index contributed by atoms with van der Waals surface area (Å²) in [6.45, 7) is -1.99. The summed E-state index contributed by atoms with van der Waals surface area (Å²) < 4.78 is 26.5. The first-order chi connectivity index (χ1) is 14.2. The molecule has 3 aliphatic heterocycles. The second kappa shape index (κ2) is 9.93. The van der Waals surface area contributed by atoms with Crippen LogP contribution < -0.4 is 0 Å². The molecule has 0 aromatic heterocycles. The van der Waals surface area contributed by atoms with Gasteiger partial charge in [0.05, 0.1) is 19.8 Å². The predicted molar refractivity (Wildman–Crippen MR) is 89.2 cm³/mol. The number of hydrogen-bond donors (Lipinski definition) is 9. The molecule has 0 unspecified atom stereocenters. The van der Waals surface area contributed by atoms with Crippen molar-refractivity contribution in [3.8, 4) is 0 Å². The standard InChI is InChI=1S/C16H28O14/c17-1-4(20)11-9(23)10(24)15(28-11)30-13-8(22)6(3-19)27-16(13)29-12-7(21)5(2-18)26-14(12)25/h4-25H,1-3H2/t4-,5+,6+,7+,8+,9-,10-,11+,12-,13-,14-,15+,16-/m1/s1. The normalized spacial score (nSPS) is 50.3. The minimum atomic E-state index is -1.66. The van der Waals surface area contributed by atoms with Gasteiger partial charge in [-0.2, -0.15) is 0 Å². The van der Waals surface area contributed by atoms with E-state index >= 15 is 0 Å². The van der Waals surface area contributed by atoms with E-state index in [2.05, 4.69) is 0 Å². The molecule has 0 spiro atoms. The van der Waals surface area contributed by atoms with Crippen molar-refractivity contribution < 1.29 is 69.6 Å². The molecule has 176 valence electrons. The molecular weight excluding hydrogens is 416 g/mol. The first-order valence-electron chi connectivity index (χ1n) is 9.41. The smallest absolute Gasteiger partial charge is 0.187 e. The van der Waals surface area contributed by atoms with Gasteiger partial charge in [0.15, 0.2) is 18.9 Å². The van der Waals surface area contributed by atoms with Gasteiger partial charge in [-0.1, -0.05) is 0 Å². The summed E-state index contributed by atoms with van der Waals surface area (Å²) in [5.74, 6) is 0. The Morgan fingerprint density at radius 3 is 1.80 bits per heavy atom.